The summed E-state index contributed by atoms with van der Waals surface area (Å²) < 4.78 is 0.869. The molecule has 4 nitrogen and oxygen atoms in total. The van der Waals surface area contributed by atoms with Gasteiger partial charge in [0, 0.05) is 30.0 Å². The van der Waals surface area contributed by atoms with E-state index in [1.807, 2.05) is 13.0 Å². The molecule has 1 heterocycles. The van der Waals surface area contributed by atoms with Crippen molar-refractivity contribution < 1.29 is 4.79 Å². The number of halogens is 1. The van der Waals surface area contributed by atoms with Gasteiger partial charge in [0.1, 0.15) is 5.82 Å². The van der Waals surface area contributed by atoms with Crippen LogP contribution in [-0.2, 0) is 15.6 Å². The molecule has 0 aliphatic heterocycles. The van der Waals surface area contributed by atoms with Crippen LogP contribution in [-0.4, -0.2) is 22.9 Å². The maximum absolute atomic E-state index is 11.1. The predicted octanol–water partition coefficient (Wildman–Crippen LogP) is 1.40. The molecule has 0 atom stereocenters. The SMILES string of the molecule is CNC(=O)CCc1nc(C)cc(CI)n1. The number of rotatable bonds is 4. The number of hydrogen-bond acceptors (Lipinski definition) is 3. The number of carbonyl (C=O) groups is 1. The van der Waals surface area contributed by atoms with E-state index in [1.165, 1.54) is 0 Å². The van der Waals surface area contributed by atoms with Crippen LogP contribution in [0.2, 0.25) is 0 Å². The van der Waals surface area contributed by atoms with Crippen LogP contribution in [0.25, 0.3) is 0 Å². The zero-order chi connectivity index (χ0) is 11.3. The quantitative estimate of drug-likeness (QED) is 0.674. The summed E-state index contributed by atoms with van der Waals surface area (Å²) in [6.07, 6.45) is 1.05. The first-order chi connectivity index (χ1) is 7.15. The topological polar surface area (TPSA) is 54.9 Å². The van der Waals surface area contributed by atoms with Crippen LogP contribution in [0, 0.1) is 6.92 Å². The average molecular weight is 319 g/mol. The fourth-order valence-electron chi connectivity index (χ4n) is 1.23. The lowest BCUT2D eigenvalue weighted by Gasteiger charge is -2.03. The minimum absolute atomic E-state index is 0.0242. The van der Waals surface area contributed by atoms with E-state index in [0.717, 1.165) is 21.6 Å². The monoisotopic (exact) mass is 319 g/mol. The normalized spacial score (nSPS) is 10.1. The van der Waals surface area contributed by atoms with Gasteiger partial charge < -0.3 is 5.32 Å². The van der Waals surface area contributed by atoms with Crippen LogP contribution in [0.3, 0.4) is 0 Å². The summed E-state index contributed by atoms with van der Waals surface area (Å²) in [6, 6.07) is 1.97. The number of alkyl halides is 1. The van der Waals surface area contributed by atoms with Gasteiger partial charge in [-0.15, -0.1) is 0 Å². The van der Waals surface area contributed by atoms with Crippen molar-refractivity contribution in [1.82, 2.24) is 15.3 Å². The highest BCUT2D eigenvalue weighted by Gasteiger charge is 2.04. The molecule has 1 aromatic rings. The third-order valence-corrected chi connectivity index (χ3v) is 2.73. The van der Waals surface area contributed by atoms with E-state index in [0.29, 0.717) is 12.8 Å². The van der Waals surface area contributed by atoms with Gasteiger partial charge in [0.2, 0.25) is 5.91 Å². The largest absolute Gasteiger partial charge is 0.359 e. The molecule has 0 aromatic carbocycles. The Bertz CT molecular complexity index is 355. The summed E-state index contributed by atoms with van der Waals surface area (Å²) in [4.78, 5) is 19.7. The predicted molar refractivity (Wildman–Crippen MR) is 66.9 cm³/mol. The summed E-state index contributed by atoms with van der Waals surface area (Å²) in [5.41, 5.74) is 1.98. The smallest absolute Gasteiger partial charge is 0.220 e. The lowest BCUT2D eigenvalue weighted by atomic mass is 10.2. The summed E-state index contributed by atoms with van der Waals surface area (Å²) in [5.74, 6) is 0.779. The fraction of sp³-hybridized carbons (Fsp3) is 0.500. The van der Waals surface area contributed by atoms with E-state index in [4.69, 9.17) is 0 Å². The van der Waals surface area contributed by atoms with Crippen LogP contribution in [0.1, 0.15) is 23.6 Å². The fourth-order valence-corrected chi connectivity index (χ4v) is 1.62. The number of aromatic nitrogens is 2. The van der Waals surface area contributed by atoms with Gasteiger partial charge in [0.25, 0.3) is 0 Å². The van der Waals surface area contributed by atoms with Gasteiger partial charge in [-0.25, -0.2) is 9.97 Å². The van der Waals surface area contributed by atoms with Gasteiger partial charge in [-0.2, -0.15) is 0 Å². The van der Waals surface area contributed by atoms with Crippen molar-refractivity contribution in [2.45, 2.75) is 24.2 Å². The molecular weight excluding hydrogens is 305 g/mol. The van der Waals surface area contributed by atoms with Gasteiger partial charge in [-0.3, -0.25) is 4.79 Å². The van der Waals surface area contributed by atoms with Crippen molar-refractivity contribution in [3.8, 4) is 0 Å². The highest BCUT2D eigenvalue weighted by atomic mass is 127. The molecule has 1 N–H and O–H groups in total. The maximum atomic E-state index is 11.1. The van der Waals surface area contributed by atoms with Gasteiger partial charge in [-0.1, -0.05) is 22.6 Å². The second kappa shape index (κ2) is 5.99. The number of aryl methyl sites for hydroxylation is 2. The average Bonchev–Trinajstić information content (AvgIpc) is 2.25. The van der Waals surface area contributed by atoms with Gasteiger partial charge in [-0.05, 0) is 13.0 Å². The second-order valence-electron chi connectivity index (χ2n) is 3.22. The number of nitrogens with one attached hydrogen (secondary N) is 1. The molecule has 0 aliphatic rings. The van der Waals surface area contributed by atoms with Gasteiger partial charge in [0.05, 0.1) is 5.69 Å². The molecule has 0 saturated carbocycles. The molecule has 5 heteroatoms. The molecule has 0 bridgehead atoms. The first kappa shape index (κ1) is 12.4. The Morgan fingerprint density at radius 2 is 2.27 bits per heavy atom. The second-order valence-corrected chi connectivity index (χ2v) is 3.99. The number of carbonyl (C=O) groups excluding carboxylic acids is 1. The molecule has 82 valence electrons. The zero-order valence-electron chi connectivity index (χ0n) is 8.88. The molecule has 1 amide bonds. The van der Waals surface area contributed by atoms with Gasteiger partial charge in [0.15, 0.2) is 0 Å². The van der Waals surface area contributed by atoms with E-state index in [2.05, 4.69) is 37.9 Å². The van der Waals surface area contributed by atoms with Crippen LogP contribution < -0.4 is 5.32 Å². The molecule has 0 aliphatic carbocycles. The van der Waals surface area contributed by atoms with E-state index in [-0.39, 0.29) is 5.91 Å². The number of hydrogen-bond donors (Lipinski definition) is 1. The van der Waals surface area contributed by atoms with Crippen LogP contribution >= 0.6 is 22.6 Å². The molecule has 0 spiro atoms. The molecule has 0 fully saturated rings. The van der Waals surface area contributed by atoms with Crippen molar-refractivity contribution in [2.24, 2.45) is 0 Å². The molecule has 1 rings (SSSR count). The minimum atomic E-state index is 0.0242. The lowest BCUT2D eigenvalue weighted by molar-refractivity contribution is -0.120. The highest BCUT2D eigenvalue weighted by molar-refractivity contribution is 14.1. The van der Waals surface area contributed by atoms with Crippen LogP contribution in [0.15, 0.2) is 6.07 Å². The standard InChI is InChI=1S/C10H14IN3O/c1-7-5-8(6-11)14-9(13-7)3-4-10(15)12-2/h5H,3-4,6H2,1-2H3,(H,12,15). The molecular formula is C10H14IN3O. The highest BCUT2D eigenvalue weighted by Crippen LogP contribution is 2.06. The van der Waals surface area contributed by atoms with Crippen molar-refractivity contribution in [1.29, 1.82) is 0 Å². The zero-order valence-corrected chi connectivity index (χ0v) is 11.0. The number of amides is 1. The van der Waals surface area contributed by atoms with Crippen molar-refractivity contribution in [3.63, 3.8) is 0 Å². The molecule has 0 unspecified atom stereocenters. The van der Waals surface area contributed by atoms with Gasteiger partial charge >= 0.3 is 0 Å². The molecule has 15 heavy (non-hydrogen) atoms. The lowest BCUT2D eigenvalue weighted by Crippen LogP contribution is -2.18. The van der Waals surface area contributed by atoms with Crippen LogP contribution in [0.5, 0.6) is 0 Å². The van der Waals surface area contributed by atoms with Crippen molar-refractivity contribution in [3.05, 3.63) is 23.3 Å². The maximum Gasteiger partial charge on any atom is 0.220 e. The van der Waals surface area contributed by atoms with E-state index in [9.17, 15) is 4.79 Å². The summed E-state index contributed by atoms with van der Waals surface area (Å²) in [6.45, 7) is 1.95. The Labute approximate surface area is 103 Å². The molecule has 0 radical (unpaired) electrons. The van der Waals surface area contributed by atoms with Crippen molar-refractivity contribution >= 4 is 28.5 Å². The summed E-state index contributed by atoms with van der Waals surface area (Å²) >= 11 is 2.27. The Kier molecular flexibility index (Phi) is 4.93. The van der Waals surface area contributed by atoms with E-state index < -0.39 is 0 Å². The third kappa shape index (κ3) is 4.11. The first-order valence-electron chi connectivity index (χ1n) is 4.75. The van der Waals surface area contributed by atoms with Crippen molar-refractivity contribution in [2.75, 3.05) is 7.05 Å². The summed E-state index contributed by atoms with van der Waals surface area (Å²) in [7, 11) is 1.63. The Morgan fingerprint density at radius 3 is 2.87 bits per heavy atom. The minimum Gasteiger partial charge on any atom is -0.359 e. The first-order valence-corrected chi connectivity index (χ1v) is 6.28. The Morgan fingerprint density at radius 1 is 1.53 bits per heavy atom. The third-order valence-electron chi connectivity index (χ3n) is 1.94. The number of nitrogens with zero attached hydrogens (tertiary/aromatic N) is 2. The summed E-state index contributed by atoms with van der Waals surface area (Å²) in [5, 5.41) is 2.58. The van der Waals surface area contributed by atoms with E-state index in [1.54, 1.807) is 7.05 Å². The molecule has 1 aromatic heterocycles. The Hall–Kier alpha value is -0.720. The van der Waals surface area contributed by atoms with E-state index >= 15 is 0 Å². The Balaban J connectivity index is 2.68. The van der Waals surface area contributed by atoms with Crippen LogP contribution in [0.4, 0.5) is 0 Å². The molecule has 0 saturated heterocycles.